The number of anilines is 1. The van der Waals surface area contributed by atoms with Gasteiger partial charge in [0.1, 0.15) is 11.5 Å². The average Bonchev–Trinajstić information content (AvgIpc) is 3.06. The molecule has 46 heavy (non-hydrogen) atoms. The molecule has 0 atom stereocenters. The van der Waals surface area contributed by atoms with E-state index in [4.69, 9.17) is 23.7 Å². The summed E-state index contributed by atoms with van der Waals surface area (Å²) in [4.78, 5) is 47.7. The van der Waals surface area contributed by atoms with Crippen LogP contribution in [0.2, 0.25) is 0 Å². The fourth-order valence-corrected chi connectivity index (χ4v) is 5.07. The zero-order chi connectivity index (χ0) is 33.3. The molecule has 12 heteroatoms. The predicted molar refractivity (Wildman–Crippen MR) is 179 cm³/mol. The van der Waals surface area contributed by atoms with E-state index >= 15 is 0 Å². The first-order valence-electron chi connectivity index (χ1n) is 14.3. The van der Waals surface area contributed by atoms with E-state index in [-0.39, 0.29) is 11.7 Å². The van der Waals surface area contributed by atoms with Crippen molar-refractivity contribution in [3.63, 3.8) is 0 Å². The standard InChI is InChI=1S/C34H33Br2NO9/c1-3-30(38)44-19-7-5-17-42-26-13-9-23(10-14-26)33(40)37-25-21-28(35)32(29(36)22-25)46-34(41)24-11-15-27(16-12-24)43-18-6-8-20-45-31(39)4-2/h3-4,9-16,21-22H,1-2,5-8,17-20H2,(H,37,40). The minimum atomic E-state index is -0.577. The summed E-state index contributed by atoms with van der Waals surface area (Å²) in [5, 5.41) is 2.83. The second kappa shape index (κ2) is 19.2. The Morgan fingerprint density at radius 3 is 1.54 bits per heavy atom. The number of amides is 1. The molecule has 0 aliphatic carbocycles. The van der Waals surface area contributed by atoms with Crippen molar-refractivity contribution in [1.29, 1.82) is 0 Å². The van der Waals surface area contributed by atoms with Gasteiger partial charge in [-0.05, 0) is 118 Å². The smallest absolute Gasteiger partial charge is 0.343 e. The third-order valence-corrected chi connectivity index (χ3v) is 7.27. The number of benzene rings is 3. The summed E-state index contributed by atoms with van der Waals surface area (Å²) in [6.45, 7) is 8.15. The van der Waals surface area contributed by atoms with Crippen molar-refractivity contribution in [3.8, 4) is 17.2 Å². The van der Waals surface area contributed by atoms with Crippen LogP contribution in [-0.4, -0.2) is 50.2 Å². The van der Waals surface area contributed by atoms with Crippen molar-refractivity contribution in [3.05, 3.63) is 106 Å². The lowest BCUT2D eigenvalue weighted by Crippen LogP contribution is -2.13. The molecule has 0 radical (unpaired) electrons. The van der Waals surface area contributed by atoms with E-state index in [1.165, 1.54) is 0 Å². The molecule has 0 saturated carbocycles. The van der Waals surface area contributed by atoms with Crippen LogP contribution in [-0.2, 0) is 19.1 Å². The van der Waals surface area contributed by atoms with Gasteiger partial charge in [0.2, 0.25) is 0 Å². The molecule has 0 unspecified atom stereocenters. The van der Waals surface area contributed by atoms with Gasteiger partial charge in [0.05, 0.1) is 40.9 Å². The molecule has 3 aromatic carbocycles. The van der Waals surface area contributed by atoms with Gasteiger partial charge in [0, 0.05) is 23.4 Å². The van der Waals surface area contributed by atoms with Crippen molar-refractivity contribution >= 4 is 61.4 Å². The number of carbonyl (C=O) groups excluding carboxylic acids is 4. The molecule has 3 rings (SSSR count). The predicted octanol–water partition coefficient (Wildman–Crippen LogP) is 7.46. The Kier molecular flexibility index (Phi) is 15.0. The molecule has 0 aromatic heterocycles. The quantitative estimate of drug-likeness (QED) is 0.0609. The molecule has 242 valence electrons. The van der Waals surface area contributed by atoms with E-state index in [1.807, 2.05) is 0 Å². The first kappa shape index (κ1) is 36.1. The second-order valence-electron chi connectivity index (χ2n) is 9.52. The summed E-state index contributed by atoms with van der Waals surface area (Å²) in [5.41, 5.74) is 1.22. The fourth-order valence-electron chi connectivity index (χ4n) is 3.73. The molecule has 0 saturated heterocycles. The van der Waals surface area contributed by atoms with Gasteiger partial charge < -0.3 is 29.0 Å². The molecule has 0 heterocycles. The van der Waals surface area contributed by atoms with Gasteiger partial charge in [-0.1, -0.05) is 13.2 Å². The first-order chi connectivity index (χ1) is 22.2. The van der Waals surface area contributed by atoms with Crippen LogP contribution in [0.4, 0.5) is 5.69 Å². The highest BCUT2D eigenvalue weighted by Gasteiger charge is 2.17. The van der Waals surface area contributed by atoms with Crippen LogP contribution < -0.4 is 19.5 Å². The van der Waals surface area contributed by atoms with Crippen molar-refractivity contribution in [1.82, 2.24) is 0 Å². The molecule has 0 fully saturated rings. The van der Waals surface area contributed by atoms with E-state index in [0.717, 1.165) is 12.2 Å². The third kappa shape index (κ3) is 12.2. The Bertz CT molecular complexity index is 1500. The van der Waals surface area contributed by atoms with Crippen LogP contribution in [0, 0.1) is 0 Å². The van der Waals surface area contributed by atoms with Crippen LogP contribution in [0.15, 0.2) is 94.9 Å². The topological polar surface area (TPSA) is 126 Å². The second-order valence-corrected chi connectivity index (χ2v) is 11.2. The van der Waals surface area contributed by atoms with Crippen LogP contribution in [0.5, 0.6) is 17.2 Å². The molecule has 0 aliphatic rings. The number of unbranched alkanes of at least 4 members (excludes halogenated alkanes) is 2. The van der Waals surface area contributed by atoms with Crippen LogP contribution in [0.3, 0.4) is 0 Å². The largest absolute Gasteiger partial charge is 0.494 e. The maximum Gasteiger partial charge on any atom is 0.343 e. The Labute approximate surface area is 284 Å². The summed E-state index contributed by atoms with van der Waals surface area (Å²) in [6, 6.07) is 16.5. The lowest BCUT2D eigenvalue weighted by Gasteiger charge is -2.13. The lowest BCUT2D eigenvalue weighted by molar-refractivity contribution is -0.138. The molecule has 10 nitrogen and oxygen atoms in total. The average molecular weight is 759 g/mol. The van der Waals surface area contributed by atoms with Gasteiger partial charge in [-0.25, -0.2) is 14.4 Å². The van der Waals surface area contributed by atoms with Gasteiger partial charge in [-0.15, -0.1) is 0 Å². The van der Waals surface area contributed by atoms with Gasteiger partial charge in [-0.2, -0.15) is 0 Å². The highest BCUT2D eigenvalue weighted by atomic mass is 79.9. The molecule has 1 N–H and O–H groups in total. The number of esters is 3. The highest BCUT2D eigenvalue weighted by molar-refractivity contribution is 9.11. The maximum atomic E-state index is 12.8. The molecular formula is C34H33Br2NO9. The Morgan fingerprint density at radius 1 is 0.652 bits per heavy atom. The summed E-state index contributed by atoms with van der Waals surface area (Å²) in [6.07, 6.45) is 4.94. The minimum absolute atomic E-state index is 0.251. The first-order valence-corrected chi connectivity index (χ1v) is 15.9. The summed E-state index contributed by atoms with van der Waals surface area (Å²) < 4.78 is 27.7. The van der Waals surface area contributed by atoms with Crippen LogP contribution >= 0.6 is 31.9 Å². The van der Waals surface area contributed by atoms with Gasteiger partial charge in [0.25, 0.3) is 5.91 Å². The van der Waals surface area contributed by atoms with E-state index in [9.17, 15) is 19.2 Å². The number of nitrogens with one attached hydrogen (secondary N) is 1. The molecule has 0 bridgehead atoms. The van der Waals surface area contributed by atoms with Gasteiger partial charge in [-0.3, -0.25) is 4.79 Å². The minimum Gasteiger partial charge on any atom is -0.494 e. The highest BCUT2D eigenvalue weighted by Crippen LogP contribution is 2.37. The zero-order valence-corrected chi connectivity index (χ0v) is 28.1. The van der Waals surface area contributed by atoms with Crippen LogP contribution in [0.1, 0.15) is 46.4 Å². The Hall–Kier alpha value is -4.42. The van der Waals surface area contributed by atoms with Crippen molar-refractivity contribution in [2.24, 2.45) is 0 Å². The molecule has 1 amide bonds. The summed E-state index contributed by atoms with van der Waals surface area (Å²) >= 11 is 6.84. The zero-order valence-electron chi connectivity index (χ0n) is 24.9. The van der Waals surface area contributed by atoms with E-state index < -0.39 is 17.9 Å². The molecule has 3 aromatic rings. The van der Waals surface area contributed by atoms with E-state index in [2.05, 4.69) is 50.3 Å². The number of ether oxygens (including phenoxy) is 5. The monoisotopic (exact) mass is 757 g/mol. The van der Waals surface area contributed by atoms with Crippen LogP contribution in [0.25, 0.3) is 0 Å². The Balaban J connectivity index is 1.46. The molecule has 0 spiro atoms. The van der Waals surface area contributed by atoms with Gasteiger partial charge >= 0.3 is 17.9 Å². The third-order valence-electron chi connectivity index (χ3n) is 6.09. The Morgan fingerprint density at radius 2 is 1.09 bits per heavy atom. The number of hydrogen-bond donors (Lipinski definition) is 1. The molecule has 0 aliphatic heterocycles. The van der Waals surface area contributed by atoms with E-state index in [0.29, 0.717) is 89.4 Å². The van der Waals surface area contributed by atoms with Gasteiger partial charge in [0.15, 0.2) is 5.75 Å². The number of carbonyl (C=O) groups is 4. The maximum absolute atomic E-state index is 12.8. The SMILES string of the molecule is C=CC(=O)OCCCCOc1ccc(C(=O)Nc2cc(Br)c(OC(=O)c3ccc(OCCCCOC(=O)C=C)cc3)c(Br)c2)cc1. The number of hydrogen-bond acceptors (Lipinski definition) is 9. The van der Waals surface area contributed by atoms with Crippen molar-refractivity contribution < 1.29 is 42.9 Å². The number of halogens is 2. The van der Waals surface area contributed by atoms with E-state index in [1.54, 1.807) is 60.7 Å². The normalized spacial score (nSPS) is 10.3. The lowest BCUT2D eigenvalue weighted by atomic mass is 10.2. The summed E-state index contributed by atoms with van der Waals surface area (Å²) in [5.74, 6) is -0.365. The fraction of sp³-hybridized carbons (Fsp3) is 0.235. The van der Waals surface area contributed by atoms with Crippen molar-refractivity contribution in [2.45, 2.75) is 25.7 Å². The summed E-state index contributed by atoms with van der Waals surface area (Å²) in [7, 11) is 0. The number of rotatable bonds is 18. The molecular weight excluding hydrogens is 726 g/mol. The van der Waals surface area contributed by atoms with Crippen molar-refractivity contribution in [2.75, 3.05) is 31.7 Å².